The maximum Gasteiger partial charge on any atom is 0.184 e. The Bertz CT molecular complexity index is 512. The molecule has 0 aliphatic heterocycles. The molecular formula is C17H27NO4S. The minimum absolute atomic E-state index is 0.120. The van der Waals surface area contributed by atoms with Crippen molar-refractivity contribution in [2.24, 2.45) is 0 Å². The monoisotopic (exact) mass is 341 g/mol. The van der Waals surface area contributed by atoms with Crippen LogP contribution in [-0.2, 0) is 0 Å². The zero-order chi connectivity index (χ0) is 16.5. The quantitative estimate of drug-likeness (QED) is 0.534. The summed E-state index contributed by atoms with van der Waals surface area (Å²) < 4.78 is 8.13. The standard InChI is InChI=1S/C17H27NO4S/c19-12-3-1-2-4-13-21-18-11-5-6-16(17(18)23)22-15-9-7-14(20)8-10-15/h5-6,11,14-15,19-20H,1-4,7-10,12-13H2. The van der Waals surface area contributed by atoms with Gasteiger partial charge in [-0.3, -0.25) is 0 Å². The molecule has 0 atom stereocenters. The first-order valence-corrected chi connectivity index (χ1v) is 8.92. The van der Waals surface area contributed by atoms with Crippen molar-refractivity contribution in [1.29, 1.82) is 0 Å². The van der Waals surface area contributed by atoms with Crippen LogP contribution in [0.4, 0.5) is 0 Å². The normalized spacial score (nSPS) is 21.1. The van der Waals surface area contributed by atoms with E-state index in [1.807, 2.05) is 12.1 Å². The molecule has 1 fully saturated rings. The van der Waals surface area contributed by atoms with Crippen molar-refractivity contribution >= 4 is 12.2 Å². The fraction of sp³-hybridized carbons (Fsp3) is 0.706. The second kappa shape index (κ2) is 9.90. The Morgan fingerprint density at radius 2 is 1.87 bits per heavy atom. The number of pyridine rings is 1. The van der Waals surface area contributed by atoms with Crippen LogP contribution < -0.4 is 9.57 Å². The largest absolute Gasteiger partial charge is 0.487 e. The predicted molar refractivity (Wildman–Crippen MR) is 91.2 cm³/mol. The summed E-state index contributed by atoms with van der Waals surface area (Å²) >= 11 is 5.43. The van der Waals surface area contributed by atoms with E-state index in [4.69, 9.17) is 26.9 Å². The van der Waals surface area contributed by atoms with Gasteiger partial charge < -0.3 is 19.8 Å². The van der Waals surface area contributed by atoms with Gasteiger partial charge in [0.05, 0.1) is 12.2 Å². The molecule has 6 heteroatoms. The molecule has 0 amide bonds. The van der Waals surface area contributed by atoms with Gasteiger partial charge in [-0.05, 0) is 57.1 Å². The highest BCUT2D eigenvalue weighted by Gasteiger charge is 2.21. The van der Waals surface area contributed by atoms with Gasteiger partial charge in [0.25, 0.3) is 0 Å². The van der Waals surface area contributed by atoms with E-state index < -0.39 is 0 Å². The molecule has 2 rings (SSSR count). The van der Waals surface area contributed by atoms with E-state index in [1.54, 1.807) is 10.9 Å². The Kier molecular flexibility index (Phi) is 7.85. The summed E-state index contributed by atoms with van der Waals surface area (Å²) in [5.41, 5.74) is 0. The fourth-order valence-corrected chi connectivity index (χ4v) is 2.95. The zero-order valence-corrected chi connectivity index (χ0v) is 14.3. The predicted octanol–water partition coefficient (Wildman–Crippen LogP) is 2.88. The van der Waals surface area contributed by atoms with Crippen molar-refractivity contribution in [3.05, 3.63) is 23.0 Å². The lowest BCUT2D eigenvalue weighted by molar-refractivity contribution is 0.0618. The van der Waals surface area contributed by atoms with E-state index >= 15 is 0 Å². The van der Waals surface area contributed by atoms with Crippen molar-refractivity contribution in [2.75, 3.05) is 13.2 Å². The number of ether oxygens (including phenoxy) is 1. The van der Waals surface area contributed by atoms with Crippen LogP contribution in [0.3, 0.4) is 0 Å². The second-order valence-corrected chi connectivity index (χ2v) is 6.41. The number of nitrogens with zero attached hydrogens (tertiary/aromatic N) is 1. The molecule has 1 aromatic rings. The topological polar surface area (TPSA) is 63.9 Å². The average molecular weight is 341 g/mol. The zero-order valence-electron chi connectivity index (χ0n) is 13.5. The minimum Gasteiger partial charge on any atom is -0.487 e. The number of aliphatic hydroxyl groups excluding tert-OH is 2. The van der Waals surface area contributed by atoms with Gasteiger partial charge in [0.2, 0.25) is 0 Å². The van der Waals surface area contributed by atoms with Crippen LogP contribution in [-0.4, -0.2) is 40.4 Å². The van der Waals surface area contributed by atoms with Crippen molar-refractivity contribution in [2.45, 2.75) is 63.6 Å². The Hall–Kier alpha value is -1.11. The Morgan fingerprint density at radius 3 is 2.61 bits per heavy atom. The van der Waals surface area contributed by atoms with Crippen LogP contribution >= 0.6 is 12.2 Å². The lowest BCUT2D eigenvalue weighted by atomic mass is 9.95. The van der Waals surface area contributed by atoms with E-state index in [-0.39, 0.29) is 18.8 Å². The number of aliphatic hydroxyl groups is 2. The number of hydrogen-bond acceptors (Lipinski definition) is 5. The van der Waals surface area contributed by atoms with E-state index in [0.717, 1.165) is 51.4 Å². The summed E-state index contributed by atoms with van der Waals surface area (Å²) in [6.07, 6.45) is 8.86. The highest BCUT2D eigenvalue weighted by molar-refractivity contribution is 7.71. The number of rotatable bonds is 9. The molecule has 2 N–H and O–H groups in total. The summed E-state index contributed by atoms with van der Waals surface area (Å²) in [6.45, 7) is 0.850. The Labute approximate surface area is 142 Å². The molecule has 0 unspecified atom stereocenters. The fourth-order valence-electron chi connectivity index (χ4n) is 2.72. The van der Waals surface area contributed by atoms with Crippen molar-refractivity contribution < 1.29 is 19.8 Å². The number of unbranched alkanes of at least 4 members (excludes halogenated alkanes) is 3. The van der Waals surface area contributed by atoms with Crippen LogP contribution in [0.15, 0.2) is 18.3 Å². The molecule has 0 radical (unpaired) electrons. The summed E-state index contributed by atoms with van der Waals surface area (Å²) in [5.74, 6) is 0.671. The van der Waals surface area contributed by atoms with Crippen LogP contribution in [0.2, 0.25) is 0 Å². The molecule has 1 aliphatic rings. The molecule has 0 bridgehead atoms. The molecule has 130 valence electrons. The molecule has 0 saturated heterocycles. The first-order valence-electron chi connectivity index (χ1n) is 8.51. The highest BCUT2D eigenvalue weighted by Crippen LogP contribution is 2.24. The first-order chi connectivity index (χ1) is 11.2. The molecule has 1 aliphatic carbocycles. The van der Waals surface area contributed by atoms with Gasteiger partial charge in [0, 0.05) is 12.8 Å². The summed E-state index contributed by atoms with van der Waals surface area (Å²) in [4.78, 5) is 5.69. The minimum atomic E-state index is -0.187. The molecule has 1 saturated carbocycles. The maximum absolute atomic E-state index is 9.55. The van der Waals surface area contributed by atoms with Crippen molar-refractivity contribution in [1.82, 2.24) is 4.73 Å². The van der Waals surface area contributed by atoms with Gasteiger partial charge in [-0.25, -0.2) is 0 Å². The van der Waals surface area contributed by atoms with E-state index in [2.05, 4.69) is 0 Å². The molecule has 1 heterocycles. The smallest absolute Gasteiger partial charge is 0.184 e. The lowest BCUT2D eigenvalue weighted by Crippen LogP contribution is -2.27. The van der Waals surface area contributed by atoms with E-state index in [9.17, 15) is 5.11 Å². The molecule has 1 aromatic heterocycles. The van der Waals surface area contributed by atoms with Crippen LogP contribution in [0.1, 0.15) is 51.4 Å². The third kappa shape index (κ3) is 6.12. The molecule has 5 nitrogen and oxygen atoms in total. The molecular weight excluding hydrogens is 314 g/mol. The van der Waals surface area contributed by atoms with E-state index in [0.29, 0.717) is 17.0 Å². The van der Waals surface area contributed by atoms with Crippen molar-refractivity contribution in [3.63, 3.8) is 0 Å². The third-order valence-electron chi connectivity index (χ3n) is 4.10. The third-order valence-corrected chi connectivity index (χ3v) is 4.48. The van der Waals surface area contributed by atoms with Gasteiger partial charge in [0.15, 0.2) is 10.4 Å². The highest BCUT2D eigenvalue weighted by atomic mass is 32.1. The van der Waals surface area contributed by atoms with Crippen LogP contribution in [0, 0.1) is 4.64 Å². The Balaban J connectivity index is 1.82. The van der Waals surface area contributed by atoms with Crippen LogP contribution in [0.5, 0.6) is 5.75 Å². The Morgan fingerprint density at radius 1 is 1.13 bits per heavy atom. The average Bonchev–Trinajstić information content (AvgIpc) is 2.56. The van der Waals surface area contributed by atoms with Crippen molar-refractivity contribution in [3.8, 4) is 5.75 Å². The molecule has 0 spiro atoms. The lowest BCUT2D eigenvalue weighted by Gasteiger charge is -2.26. The summed E-state index contributed by atoms with van der Waals surface area (Å²) in [7, 11) is 0. The van der Waals surface area contributed by atoms with Gasteiger partial charge >= 0.3 is 0 Å². The summed E-state index contributed by atoms with van der Waals surface area (Å²) in [6, 6.07) is 3.74. The summed E-state index contributed by atoms with van der Waals surface area (Å²) in [5, 5.41) is 18.3. The maximum atomic E-state index is 9.55. The van der Waals surface area contributed by atoms with Gasteiger partial charge in [-0.1, -0.05) is 18.6 Å². The SMILES string of the molecule is OCCCCCCOn1cccc(OC2CCC(O)CC2)c1=S. The number of aromatic nitrogens is 1. The second-order valence-electron chi connectivity index (χ2n) is 6.02. The molecule has 23 heavy (non-hydrogen) atoms. The van der Waals surface area contributed by atoms with Gasteiger partial charge in [-0.15, -0.1) is 0 Å². The number of hydrogen-bond donors (Lipinski definition) is 2. The van der Waals surface area contributed by atoms with Crippen LogP contribution in [0.25, 0.3) is 0 Å². The van der Waals surface area contributed by atoms with E-state index in [1.165, 1.54) is 0 Å². The molecule has 0 aromatic carbocycles. The van der Waals surface area contributed by atoms with Gasteiger partial charge in [0.1, 0.15) is 6.61 Å². The van der Waals surface area contributed by atoms with Gasteiger partial charge in [-0.2, -0.15) is 4.73 Å². The first kappa shape index (κ1) is 18.2.